The highest BCUT2D eigenvalue weighted by Crippen LogP contribution is 2.18. The number of nitrogens with zero attached hydrogens (tertiary/aromatic N) is 4. The second kappa shape index (κ2) is 9.82. The molecule has 3 heterocycles. The highest BCUT2D eigenvalue weighted by atomic mass is 35.5. The summed E-state index contributed by atoms with van der Waals surface area (Å²) >= 11 is 6.01. The number of nitrogens with one attached hydrogen (secondary N) is 2. The summed E-state index contributed by atoms with van der Waals surface area (Å²) in [6.45, 7) is 0.207. The first-order chi connectivity index (χ1) is 18.2. The molecule has 3 aromatic heterocycles. The molecule has 3 N–H and O–H groups in total. The van der Waals surface area contributed by atoms with Crippen molar-refractivity contribution >= 4 is 46.1 Å². The maximum Gasteiger partial charge on any atom is 0.419 e. The lowest BCUT2D eigenvalue weighted by Crippen LogP contribution is -2.28. The molecule has 38 heavy (non-hydrogen) atoms. The number of fused-ring (bicyclic) bond motifs is 2. The van der Waals surface area contributed by atoms with Crippen LogP contribution in [-0.2, 0) is 20.1 Å². The lowest BCUT2D eigenvalue weighted by atomic mass is 10.1. The lowest BCUT2D eigenvalue weighted by molar-refractivity contribution is 0.0696. The van der Waals surface area contributed by atoms with E-state index in [0.717, 1.165) is 5.56 Å². The molecule has 0 atom stereocenters. The molecule has 0 bridgehead atoms. The lowest BCUT2D eigenvalue weighted by Gasteiger charge is -2.10. The molecule has 5 aromatic rings. The van der Waals surface area contributed by atoms with E-state index >= 15 is 0 Å². The van der Waals surface area contributed by atoms with Gasteiger partial charge in [-0.05, 0) is 35.4 Å². The van der Waals surface area contributed by atoms with Gasteiger partial charge in [0.15, 0.2) is 11.2 Å². The van der Waals surface area contributed by atoms with E-state index in [1.54, 1.807) is 37.4 Å². The van der Waals surface area contributed by atoms with Gasteiger partial charge >= 0.3 is 11.7 Å². The number of benzene rings is 2. The molecule has 0 unspecified atom stereocenters. The van der Waals surface area contributed by atoms with Crippen molar-refractivity contribution in [1.82, 2.24) is 29.8 Å². The van der Waals surface area contributed by atoms with Gasteiger partial charge in [-0.15, -0.1) is 0 Å². The molecule has 0 saturated heterocycles. The van der Waals surface area contributed by atoms with Crippen LogP contribution >= 0.6 is 11.6 Å². The highest BCUT2D eigenvalue weighted by Gasteiger charge is 2.18. The maximum absolute atomic E-state index is 13.0. The third-order valence-electron chi connectivity index (χ3n) is 5.85. The van der Waals surface area contributed by atoms with Crippen molar-refractivity contribution in [2.75, 3.05) is 0 Å². The number of oxazole rings is 1. The van der Waals surface area contributed by atoms with Crippen LogP contribution in [0.3, 0.4) is 0 Å². The number of rotatable bonds is 7. The maximum atomic E-state index is 13.0. The molecule has 0 spiro atoms. The first kappa shape index (κ1) is 24.7. The molecule has 5 rings (SSSR count). The Morgan fingerprint density at radius 1 is 1.00 bits per heavy atom. The quantitative estimate of drug-likeness (QED) is 0.287. The van der Waals surface area contributed by atoms with Crippen LogP contribution < -0.4 is 16.4 Å². The number of halogens is 1. The Morgan fingerprint density at radius 2 is 1.71 bits per heavy atom. The van der Waals surface area contributed by atoms with Gasteiger partial charge in [0, 0.05) is 32.3 Å². The molecule has 0 aliphatic carbocycles. The topological polar surface area (TPSA) is 161 Å². The Kier molecular flexibility index (Phi) is 6.39. The summed E-state index contributed by atoms with van der Waals surface area (Å²) in [6, 6.07) is 12.4. The van der Waals surface area contributed by atoms with Gasteiger partial charge in [-0.1, -0.05) is 23.7 Å². The number of hydrogen-bond donors (Lipinski definition) is 3. The molecule has 0 radical (unpaired) electrons. The van der Waals surface area contributed by atoms with Crippen molar-refractivity contribution in [2.45, 2.75) is 13.1 Å². The van der Waals surface area contributed by atoms with Crippen molar-refractivity contribution in [1.29, 1.82) is 0 Å². The smallest absolute Gasteiger partial charge is 0.419 e. The van der Waals surface area contributed by atoms with Crippen LogP contribution in [0.2, 0.25) is 5.02 Å². The molecular weight excluding hydrogens is 516 g/mol. The van der Waals surface area contributed by atoms with Gasteiger partial charge < -0.3 is 20.2 Å². The first-order valence-electron chi connectivity index (χ1n) is 11.2. The Bertz CT molecular complexity index is 1800. The molecule has 13 heteroatoms. The van der Waals surface area contributed by atoms with Crippen LogP contribution in [0.5, 0.6) is 0 Å². The van der Waals surface area contributed by atoms with E-state index in [9.17, 15) is 19.2 Å². The summed E-state index contributed by atoms with van der Waals surface area (Å²) in [5.74, 6) is -2.67. The average Bonchev–Trinajstić information content (AvgIpc) is 3.49. The first-order valence-corrected chi connectivity index (χ1v) is 11.6. The Labute approximate surface area is 218 Å². The van der Waals surface area contributed by atoms with E-state index in [1.807, 2.05) is 0 Å². The number of carbonyl (C=O) groups is 3. The predicted molar refractivity (Wildman–Crippen MR) is 135 cm³/mol. The number of hydrogen-bond acceptors (Lipinski definition) is 7. The van der Waals surface area contributed by atoms with Crippen molar-refractivity contribution in [3.63, 3.8) is 0 Å². The molecule has 2 aromatic carbocycles. The number of aryl methyl sites for hydroxylation is 1. The number of aromatic nitrogens is 4. The van der Waals surface area contributed by atoms with E-state index in [2.05, 4.69) is 20.7 Å². The number of carboxylic acid groups (broad SMARTS) is 1. The van der Waals surface area contributed by atoms with E-state index in [1.165, 1.54) is 33.5 Å². The normalized spacial score (nSPS) is 11.1. The fraction of sp³-hybridized carbons (Fsp3) is 0.120. The summed E-state index contributed by atoms with van der Waals surface area (Å²) in [6.07, 6.45) is 1.45. The minimum Gasteiger partial charge on any atom is -0.478 e. The fourth-order valence-electron chi connectivity index (χ4n) is 3.86. The summed E-state index contributed by atoms with van der Waals surface area (Å²) in [4.78, 5) is 53.1. The minimum atomic E-state index is -1.15. The van der Waals surface area contributed by atoms with Crippen molar-refractivity contribution in [2.24, 2.45) is 7.05 Å². The van der Waals surface area contributed by atoms with Gasteiger partial charge in [0.25, 0.3) is 11.8 Å². The highest BCUT2D eigenvalue weighted by molar-refractivity contribution is 6.33. The van der Waals surface area contributed by atoms with E-state index in [4.69, 9.17) is 21.1 Å². The zero-order chi connectivity index (χ0) is 27.0. The number of amides is 2. The third-order valence-corrected chi connectivity index (χ3v) is 6.16. The molecule has 12 nitrogen and oxygen atoms in total. The summed E-state index contributed by atoms with van der Waals surface area (Å²) in [5, 5.41) is 18.8. The second-order valence-electron chi connectivity index (χ2n) is 8.34. The van der Waals surface area contributed by atoms with Crippen LogP contribution in [0.25, 0.3) is 16.7 Å². The summed E-state index contributed by atoms with van der Waals surface area (Å²) in [7, 11) is 1.59. The van der Waals surface area contributed by atoms with Gasteiger partial charge in [0.2, 0.25) is 0 Å². The standard InChI is InChI=1S/C25H19ClN6O6/c1-31-18-9-14(3-5-20(18)38-25(31)37)12-27-22(33)17-10-19(32-21(30-17)6-7-29-32)23(34)28-11-13-2-4-15(24(35)36)16(26)8-13/h2-10H,11-12H2,1H3,(H,27,33)(H,28,34)(H,35,36). The van der Waals surface area contributed by atoms with Crippen molar-refractivity contribution in [3.8, 4) is 0 Å². The van der Waals surface area contributed by atoms with Crippen molar-refractivity contribution < 1.29 is 23.9 Å². The summed E-state index contributed by atoms with van der Waals surface area (Å²) in [5.41, 5.74) is 2.70. The minimum absolute atomic E-state index is 0.00814. The Morgan fingerprint density at radius 3 is 2.45 bits per heavy atom. The van der Waals surface area contributed by atoms with Crippen molar-refractivity contribution in [3.05, 3.63) is 98.4 Å². The van der Waals surface area contributed by atoms with Gasteiger partial charge in [0.1, 0.15) is 11.4 Å². The Hall–Kier alpha value is -4.97. The largest absolute Gasteiger partial charge is 0.478 e. The SMILES string of the molecule is Cn1c(=O)oc2ccc(CNC(=O)c3cc(C(=O)NCc4ccc(C(=O)O)c(Cl)c4)n4nccc4n3)cc21. The second-order valence-corrected chi connectivity index (χ2v) is 8.75. The fourth-order valence-corrected chi connectivity index (χ4v) is 4.15. The molecule has 0 fully saturated rings. The monoisotopic (exact) mass is 534 g/mol. The molecule has 192 valence electrons. The van der Waals surface area contributed by atoms with Gasteiger partial charge in [0.05, 0.1) is 22.3 Å². The average molecular weight is 535 g/mol. The summed E-state index contributed by atoms with van der Waals surface area (Å²) < 4.78 is 7.80. The molecule has 0 aliphatic rings. The van der Waals surface area contributed by atoms with E-state index in [0.29, 0.717) is 22.3 Å². The molecule has 0 saturated carbocycles. The van der Waals surface area contributed by atoms with Gasteiger partial charge in [-0.25, -0.2) is 19.1 Å². The van der Waals surface area contributed by atoms with Gasteiger partial charge in [-0.2, -0.15) is 5.10 Å². The Balaban J connectivity index is 1.33. The predicted octanol–water partition coefficient (Wildman–Crippen LogP) is 2.39. The van der Waals surface area contributed by atoms with E-state index in [-0.39, 0.29) is 35.1 Å². The zero-order valence-corrected chi connectivity index (χ0v) is 20.5. The van der Waals surface area contributed by atoms with Crippen LogP contribution in [0, 0.1) is 0 Å². The molecule has 2 amide bonds. The van der Waals surface area contributed by atoms with Crippen LogP contribution in [0.15, 0.2) is 63.9 Å². The number of carbonyl (C=O) groups excluding carboxylic acids is 2. The molecular formula is C25H19ClN6O6. The zero-order valence-electron chi connectivity index (χ0n) is 19.8. The van der Waals surface area contributed by atoms with Crippen LogP contribution in [0.1, 0.15) is 42.5 Å². The van der Waals surface area contributed by atoms with E-state index < -0.39 is 23.5 Å². The van der Waals surface area contributed by atoms with Crippen LogP contribution in [-0.4, -0.2) is 42.1 Å². The van der Waals surface area contributed by atoms with Crippen LogP contribution in [0.4, 0.5) is 0 Å². The third kappa shape index (κ3) is 4.72. The number of carboxylic acids is 1. The van der Waals surface area contributed by atoms with Gasteiger partial charge in [-0.3, -0.25) is 14.2 Å². The molecule has 0 aliphatic heterocycles. The number of aromatic carboxylic acids is 1.